The van der Waals surface area contributed by atoms with Gasteiger partial charge in [0.2, 0.25) is 0 Å². The lowest BCUT2D eigenvalue weighted by molar-refractivity contribution is 0.219. The Morgan fingerprint density at radius 2 is 1.84 bits per heavy atom. The number of halogens is 3. The van der Waals surface area contributed by atoms with Gasteiger partial charge in [0, 0.05) is 4.47 Å². The van der Waals surface area contributed by atoms with Gasteiger partial charge in [0.15, 0.2) is 11.6 Å². The van der Waals surface area contributed by atoms with Gasteiger partial charge in [-0.05, 0) is 41.5 Å². The number of hydrogen-bond acceptors (Lipinski definition) is 2. The van der Waals surface area contributed by atoms with E-state index in [2.05, 4.69) is 15.9 Å². The van der Waals surface area contributed by atoms with Gasteiger partial charge in [0.05, 0.1) is 7.11 Å². The molecule has 5 heteroatoms. The summed E-state index contributed by atoms with van der Waals surface area (Å²) in [6.45, 7) is 0. The average molecular weight is 329 g/mol. The highest BCUT2D eigenvalue weighted by atomic mass is 79.9. The van der Waals surface area contributed by atoms with Crippen molar-refractivity contribution in [2.24, 2.45) is 0 Å². The summed E-state index contributed by atoms with van der Waals surface area (Å²) in [7, 11) is 1.36. The molecular weight excluding hydrogens is 318 g/mol. The number of aliphatic hydroxyl groups excluding tert-OH is 1. The van der Waals surface area contributed by atoms with Crippen LogP contribution in [0.3, 0.4) is 0 Å². The molecule has 2 aromatic rings. The quantitative estimate of drug-likeness (QED) is 0.928. The molecule has 2 nitrogen and oxygen atoms in total. The molecule has 0 bridgehead atoms. The lowest BCUT2D eigenvalue weighted by atomic mass is 10.0. The maximum absolute atomic E-state index is 13.6. The third-order valence-corrected chi connectivity index (χ3v) is 3.15. The van der Waals surface area contributed by atoms with Gasteiger partial charge in [0.25, 0.3) is 0 Å². The molecule has 0 aromatic heterocycles. The minimum absolute atomic E-state index is 0.0939. The van der Waals surface area contributed by atoms with E-state index < -0.39 is 17.7 Å². The zero-order chi connectivity index (χ0) is 14.0. The highest BCUT2D eigenvalue weighted by Crippen LogP contribution is 2.28. The topological polar surface area (TPSA) is 29.5 Å². The fourth-order valence-corrected chi connectivity index (χ4v) is 2.26. The van der Waals surface area contributed by atoms with Crippen molar-refractivity contribution in [3.8, 4) is 5.75 Å². The van der Waals surface area contributed by atoms with Crippen LogP contribution in [0.2, 0.25) is 0 Å². The van der Waals surface area contributed by atoms with Crippen molar-refractivity contribution in [3.05, 3.63) is 63.6 Å². The fourth-order valence-electron chi connectivity index (χ4n) is 1.78. The molecule has 0 aliphatic carbocycles. The Balaban J connectivity index is 2.38. The summed E-state index contributed by atoms with van der Waals surface area (Å²) in [4.78, 5) is 0. The molecule has 1 atom stereocenters. The first-order chi connectivity index (χ1) is 9.01. The van der Waals surface area contributed by atoms with Crippen LogP contribution in [0.5, 0.6) is 5.75 Å². The van der Waals surface area contributed by atoms with Gasteiger partial charge in [-0.1, -0.05) is 22.0 Å². The minimum Gasteiger partial charge on any atom is -0.494 e. The number of aliphatic hydroxyl groups is 1. The predicted octanol–water partition coefficient (Wildman–Crippen LogP) is 3.82. The van der Waals surface area contributed by atoms with Crippen LogP contribution >= 0.6 is 15.9 Å². The van der Waals surface area contributed by atoms with E-state index in [1.807, 2.05) is 0 Å². The molecule has 0 amide bonds. The fraction of sp³-hybridized carbons (Fsp3) is 0.143. The van der Waals surface area contributed by atoms with Crippen LogP contribution in [0.1, 0.15) is 17.2 Å². The Labute approximate surface area is 117 Å². The van der Waals surface area contributed by atoms with E-state index in [0.717, 1.165) is 0 Å². The van der Waals surface area contributed by atoms with Gasteiger partial charge >= 0.3 is 0 Å². The van der Waals surface area contributed by atoms with Gasteiger partial charge in [-0.3, -0.25) is 0 Å². The summed E-state index contributed by atoms with van der Waals surface area (Å²) in [5.74, 6) is -0.955. The Bertz CT molecular complexity index is 582. The number of hydrogen-bond donors (Lipinski definition) is 1. The first-order valence-electron chi connectivity index (χ1n) is 5.48. The van der Waals surface area contributed by atoms with Crippen molar-refractivity contribution in [3.63, 3.8) is 0 Å². The van der Waals surface area contributed by atoms with E-state index in [1.54, 1.807) is 6.07 Å². The van der Waals surface area contributed by atoms with Crippen LogP contribution in [-0.2, 0) is 0 Å². The van der Waals surface area contributed by atoms with Crippen molar-refractivity contribution in [2.75, 3.05) is 7.11 Å². The molecule has 2 aromatic carbocycles. The summed E-state index contributed by atoms with van der Waals surface area (Å²) in [6.07, 6.45) is -1.10. The van der Waals surface area contributed by atoms with Crippen LogP contribution < -0.4 is 4.74 Å². The molecule has 0 radical (unpaired) electrons. The Kier molecular flexibility index (Phi) is 4.17. The molecular formula is C14H11BrF2O2. The predicted molar refractivity (Wildman–Crippen MR) is 71.1 cm³/mol. The number of benzene rings is 2. The molecule has 0 aliphatic rings. The first-order valence-corrected chi connectivity index (χ1v) is 6.28. The minimum atomic E-state index is -1.10. The van der Waals surface area contributed by atoms with E-state index in [4.69, 9.17) is 4.74 Å². The van der Waals surface area contributed by atoms with E-state index >= 15 is 0 Å². The van der Waals surface area contributed by atoms with Crippen molar-refractivity contribution in [2.45, 2.75) is 6.10 Å². The van der Waals surface area contributed by atoms with Gasteiger partial charge < -0.3 is 9.84 Å². The maximum atomic E-state index is 13.6. The second-order valence-corrected chi connectivity index (χ2v) is 4.91. The molecule has 0 spiro atoms. The molecule has 0 fully saturated rings. The van der Waals surface area contributed by atoms with Gasteiger partial charge in [0.1, 0.15) is 11.9 Å². The van der Waals surface area contributed by atoms with Crippen LogP contribution in [0, 0.1) is 11.6 Å². The number of methoxy groups -OCH3 is 1. The second kappa shape index (κ2) is 5.67. The monoisotopic (exact) mass is 328 g/mol. The van der Waals surface area contributed by atoms with Crippen LogP contribution in [0.15, 0.2) is 40.9 Å². The summed E-state index contributed by atoms with van der Waals surface area (Å²) in [5.41, 5.74) is 0.673. The molecule has 19 heavy (non-hydrogen) atoms. The number of rotatable bonds is 3. The average Bonchev–Trinajstić information content (AvgIpc) is 2.36. The van der Waals surface area contributed by atoms with Gasteiger partial charge in [-0.25, -0.2) is 8.78 Å². The summed E-state index contributed by atoms with van der Waals surface area (Å²) >= 11 is 3.15. The van der Waals surface area contributed by atoms with Crippen LogP contribution in [-0.4, -0.2) is 12.2 Å². The van der Waals surface area contributed by atoms with Crippen molar-refractivity contribution in [1.82, 2.24) is 0 Å². The molecule has 2 rings (SSSR count). The molecule has 0 saturated heterocycles. The molecule has 0 heterocycles. The molecule has 1 unspecified atom stereocenters. The normalized spacial score (nSPS) is 12.3. The second-order valence-electron chi connectivity index (χ2n) is 4.00. The summed E-state index contributed by atoms with van der Waals surface area (Å²) in [6, 6.07) is 8.19. The lowest BCUT2D eigenvalue weighted by Gasteiger charge is -2.13. The van der Waals surface area contributed by atoms with E-state index in [0.29, 0.717) is 15.6 Å². The third kappa shape index (κ3) is 3.11. The van der Waals surface area contributed by atoms with E-state index in [-0.39, 0.29) is 5.75 Å². The third-order valence-electron chi connectivity index (χ3n) is 2.69. The van der Waals surface area contributed by atoms with E-state index in [9.17, 15) is 13.9 Å². The number of ether oxygens (including phenoxy) is 1. The SMILES string of the molecule is COc1ccc(C(O)c2cc(F)cc(Br)c2)cc1F. The summed E-state index contributed by atoms with van der Waals surface area (Å²) in [5, 5.41) is 10.1. The zero-order valence-corrected chi connectivity index (χ0v) is 11.6. The van der Waals surface area contributed by atoms with Crippen molar-refractivity contribution in [1.29, 1.82) is 0 Å². The van der Waals surface area contributed by atoms with Crippen LogP contribution in [0.25, 0.3) is 0 Å². The Hall–Kier alpha value is -1.46. The largest absolute Gasteiger partial charge is 0.494 e. The lowest BCUT2D eigenvalue weighted by Crippen LogP contribution is -2.01. The highest BCUT2D eigenvalue weighted by molar-refractivity contribution is 9.10. The summed E-state index contributed by atoms with van der Waals surface area (Å²) < 4.78 is 32.1. The highest BCUT2D eigenvalue weighted by Gasteiger charge is 2.14. The Morgan fingerprint density at radius 3 is 2.42 bits per heavy atom. The molecule has 100 valence electrons. The van der Waals surface area contributed by atoms with Gasteiger partial charge in [-0.15, -0.1) is 0 Å². The smallest absolute Gasteiger partial charge is 0.165 e. The zero-order valence-electron chi connectivity index (χ0n) is 10.0. The molecule has 0 saturated carbocycles. The first kappa shape index (κ1) is 14.0. The van der Waals surface area contributed by atoms with Crippen molar-refractivity contribution >= 4 is 15.9 Å². The van der Waals surface area contributed by atoms with Gasteiger partial charge in [-0.2, -0.15) is 0 Å². The maximum Gasteiger partial charge on any atom is 0.165 e. The standard InChI is InChI=1S/C14H11BrF2O2/c1-19-13-3-2-8(6-12(13)17)14(18)9-4-10(15)7-11(16)5-9/h2-7,14,18H,1H3. The Morgan fingerprint density at radius 1 is 1.11 bits per heavy atom. The van der Waals surface area contributed by atoms with E-state index in [1.165, 1.54) is 37.4 Å². The van der Waals surface area contributed by atoms with Crippen molar-refractivity contribution < 1.29 is 18.6 Å². The van der Waals surface area contributed by atoms with Crippen LogP contribution in [0.4, 0.5) is 8.78 Å². The molecule has 1 N–H and O–H groups in total. The molecule has 0 aliphatic heterocycles.